The predicted molar refractivity (Wildman–Crippen MR) is 141 cm³/mol. The minimum atomic E-state index is -2.95. The van der Waals surface area contributed by atoms with Gasteiger partial charge in [0.25, 0.3) is 8.32 Å². The Kier molecular flexibility index (Phi) is 7.87. The first kappa shape index (κ1) is 25.2. The van der Waals surface area contributed by atoms with Crippen LogP contribution in [0.3, 0.4) is 0 Å². The van der Waals surface area contributed by atoms with Crippen LogP contribution in [-0.4, -0.2) is 43.2 Å². The minimum Gasteiger partial charge on any atom is -0.387 e. The van der Waals surface area contributed by atoms with Crippen molar-refractivity contribution in [2.45, 2.75) is 38.5 Å². The fourth-order valence-electron chi connectivity index (χ4n) is 4.17. The van der Waals surface area contributed by atoms with E-state index in [1.54, 1.807) is 18.7 Å². The molecule has 6 nitrogen and oxygen atoms in total. The second kappa shape index (κ2) is 10.6. The van der Waals surface area contributed by atoms with E-state index in [0.29, 0.717) is 18.1 Å². The quantitative estimate of drug-likeness (QED) is 0.200. The number of hydrogen-bond acceptors (Lipinski definition) is 4. The van der Waals surface area contributed by atoms with Crippen LogP contribution in [0.25, 0.3) is 0 Å². The van der Waals surface area contributed by atoms with Gasteiger partial charge in [-0.3, -0.25) is 0 Å². The number of nitriles is 1. The highest BCUT2D eigenvalue weighted by Crippen LogP contribution is 2.40. The first-order valence-electron chi connectivity index (χ1n) is 11.3. The molecule has 3 aromatic rings. The van der Waals surface area contributed by atoms with E-state index in [0.717, 1.165) is 10.4 Å². The molecule has 0 unspecified atom stereocenters. The third-order valence-corrected chi connectivity index (χ3v) is 10.6. The molecule has 0 amide bonds. The maximum atomic E-state index is 10.4. The molecule has 0 aliphatic rings. The number of rotatable bonds is 9. The molecule has 0 spiro atoms. The molecule has 0 radical (unpaired) electrons. The molecule has 1 aromatic heterocycles. The van der Waals surface area contributed by atoms with Crippen LogP contribution >= 0.6 is 0 Å². The summed E-state index contributed by atoms with van der Waals surface area (Å²) in [7, 11) is 0.854. The number of nitrogens with zero attached hydrogens (tertiary/aromatic N) is 5. The molecule has 0 aliphatic heterocycles. The van der Waals surface area contributed by atoms with Crippen molar-refractivity contribution in [1.29, 1.82) is 5.26 Å². The van der Waals surface area contributed by atoms with E-state index in [4.69, 9.17) is 4.43 Å². The van der Waals surface area contributed by atoms with Crippen LogP contribution in [0.5, 0.6) is 0 Å². The number of hydrogen-bond donors (Lipinski definition) is 0. The zero-order chi connectivity index (χ0) is 24.8. The highest BCUT2D eigenvalue weighted by Gasteiger charge is 2.52. The molecule has 7 heteroatoms. The van der Waals surface area contributed by atoms with Crippen LogP contribution in [0.2, 0.25) is 5.04 Å². The highest BCUT2D eigenvalue weighted by atomic mass is 28.4. The van der Waals surface area contributed by atoms with Gasteiger partial charge >= 0.3 is 0 Å². The zero-order valence-electron chi connectivity index (χ0n) is 20.6. The Labute approximate surface area is 204 Å². The molecule has 0 N–H and O–H groups in total. The Balaban J connectivity index is 2.22. The van der Waals surface area contributed by atoms with E-state index in [9.17, 15) is 5.26 Å². The van der Waals surface area contributed by atoms with Crippen LogP contribution in [0, 0.1) is 11.3 Å². The van der Waals surface area contributed by atoms with Gasteiger partial charge in [-0.1, -0.05) is 87.5 Å². The fraction of sp³-hybridized carbons (Fsp3) is 0.296. The van der Waals surface area contributed by atoms with Gasteiger partial charge in [-0.15, -0.1) is 6.58 Å². The number of allylic oxidation sites excluding steroid dienone is 1. The van der Waals surface area contributed by atoms with Gasteiger partial charge in [-0.05, 0) is 15.4 Å². The summed E-state index contributed by atoms with van der Waals surface area (Å²) in [5.41, 5.74) is 0.510. The maximum absolute atomic E-state index is 10.4. The van der Waals surface area contributed by atoms with Crippen molar-refractivity contribution in [2.24, 2.45) is 4.99 Å². The fourth-order valence-corrected chi connectivity index (χ4v) is 8.70. The van der Waals surface area contributed by atoms with Gasteiger partial charge in [0.1, 0.15) is 11.8 Å². The Bertz CT molecular complexity index is 1120. The van der Waals surface area contributed by atoms with Crippen molar-refractivity contribution in [3.63, 3.8) is 0 Å². The molecule has 34 heavy (non-hydrogen) atoms. The Hall–Kier alpha value is -3.47. The molecule has 0 saturated carbocycles. The summed E-state index contributed by atoms with van der Waals surface area (Å²) in [5.74, 6) is 0.595. The largest absolute Gasteiger partial charge is 0.387 e. The van der Waals surface area contributed by atoms with E-state index in [2.05, 4.69) is 67.7 Å². The van der Waals surface area contributed by atoms with Crippen molar-refractivity contribution in [2.75, 3.05) is 14.1 Å². The average Bonchev–Trinajstić information content (AvgIpc) is 3.21. The third kappa shape index (κ3) is 5.03. The van der Waals surface area contributed by atoms with Crippen LogP contribution < -0.4 is 10.4 Å². The van der Waals surface area contributed by atoms with Gasteiger partial charge in [0, 0.05) is 20.6 Å². The number of aliphatic imine (C=N–C) groups is 1. The molecule has 0 bridgehead atoms. The molecule has 0 aliphatic carbocycles. The van der Waals surface area contributed by atoms with Gasteiger partial charge in [-0.25, -0.2) is 9.98 Å². The summed E-state index contributed by atoms with van der Waals surface area (Å²) in [6.07, 6.45) is 4.28. The lowest BCUT2D eigenvalue weighted by atomic mass is 10.2. The van der Waals surface area contributed by atoms with Gasteiger partial charge in [0.05, 0.1) is 12.7 Å². The average molecular weight is 472 g/mol. The Morgan fingerprint density at radius 3 is 2.12 bits per heavy atom. The van der Waals surface area contributed by atoms with Crippen LogP contribution in [-0.2, 0) is 11.0 Å². The van der Waals surface area contributed by atoms with Gasteiger partial charge in [0.2, 0.25) is 0 Å². The maximum Gasteiger partial charge on any atom is 0.263 e. The molecule has 0 fully saturated rings. The summed E-state index contributed by atoms with van der Waals surface area (Å²) < 4.78 is 8.91. The lowest BCUT2D eigenvalue weighted by Gasteiger charge is -2.43. The van der Waals surface area contributed by atoms with E-state index in [-0.39, 0.29) is 5.04 Å². The van der Waals surface area contributed by atoms with Gasteiger partial charge < -0.3 is 13.9 Å². The number of benzene rings is 2. The lowest BCUT2D eigenvalue weighted by molar-refractivity contribution is 0.241. The molecular formula is C27H33N5OSi. The first-order chi connectivity index (χ1) is 16.2. The first-order valence-corrected chi connectivity index (χ1v) is 13.2. The van der Waals surface area contributed by atoms with Gasteiger partial charge in [-0.2, -0.15) is 5.26 Å². The topological polar surface area (TPSA) is 66.4 Å². The molecule has 1 heterocycles. The normalized spacial score (nSPS) is 12.9. The smallest absolute Gasteiger partial charge is 0.263 e. The van der Waals surface area contributed by atoms with Crippen LogP contribution in [0.1, 0.15) is 32.6 Å². The lowest BCUT2D eigenvalue weighted by Crippen LogP contribution is -2.66. The van der Waals surface area contributed by atoms with Crippen LogP contribution in [0.15, 0.2) is 84.6 Å². The summed E-state index contributed by atoms with van der Waals surface area (Å²) in [6.45, 7) is 10.9. The summed E-state index contributed by atoms with van der Waals surface area (Å²) in [5, 5.41) is 12.3. The SMILES string of the molecule is C=CCn1cnc([C@@H](C#N)O[Si](c2ccccc2)(c2ccccc2)C(C)(C)C)c1N=CN(C)C. The molecular weight excluding hydrogens is 438 g/mol. The van der Waals surface area contributed by atoms with E-state index in [1.165, 1.54) is 0 Å². The predicted octanol–water partition coefficient (Wildman–Crippen LogP) is 4.43. The molecule has 176 valence electrons. The molecule has 1 atom stereocenters. The Morgan fingerprint density at radius 1 is 1.12 bits per heavy atom. The highest BCUT2D eigenvalue weighted by molar-refractivity contribution is 6.99. The van der Waals surface area contributed by atoms with Crippen molar-refractivity contribution >= 4 is 30.8 Å². The number of imidazole rings is 1. The zero-order valence-corrected chi connectivity index (χ0v) is 21.6. The second-order valence-electron chi connectivity index (χ2n) is 9.39. The molecule has 0 saturated heterocycles. The number of aromatic nitrogens is 2. The van der Waals surface area contributed by atoms with Crippen LogP contribution in [0.4, 0.5) is 5.82 Å². The minimum absolute atomic E-state index is 0.262. The van der Waals surface area contributed by atoms with E-state index < -0.39 is 14.4 Å². The van der Waals surface area contributed by atoms with Crippen molar-refractivity contribution < 1.29 is 4.43 Å². The van der Waals surface area contributed by atoms with Gasteiger partial charge in [0.15, 0.2) is 11.9 Å². The third-order valence-electron chi connectivity index (χ3n) is 5.65. The van der Waals surface area contributed by atoms with Crippen molar-refractivity contribution in [3.8, 4) is 6.07 Å². The van der Waals surface area contributed by atoms with E-state index >= 15 is 0 Å². The molecule has 2 aromatic carbocycles. The monoisotopic (exact) mass is 471 g/mol. The van der Waals surface area contributed by atoms with Crippen molar-refractivity contribution in [3.05, 3.63) is 85.3 Å². The summed E-state index contributed by atoms with van der Waals surface area (Å²) in [4.78, 5) is 11.1. The second-order valence-corrected chi connectivity index (χ2v) is 13.6. The van der Waals surface area contributed by atoms with Crippen molar-refractivity contribution in [1.82, 2.24) is 14.5 Å². The standard InChI is InChI=1S/C27H33N5OSi/c1-7-18-32-21-29-25(26(32)30-20-31(5)6)24(19-28)33-34(27(2,3)4,22-14-10-8-11-15-22)23-16-12-9-13-17-23/h7-17,20-21,24H,1,18H2,2-6H3/t24-/m1/s1. The Morgan fingerprint density at radius 2 is 1.68 bits per heavy atom. The summed E-state index contributed by atoms with van der Waals surface area (Å²) >= 11 is 0. The van der Waals surface area contributed by atoms with E-state index in [1.807, 2.05) is 60.0 Å². The molecule has 3 rings (SSSR count). The summed E-state index contributed by atoms with van der Waals surface area (Å²) in [6, 6.07) is 23.0.